The van der Waals surface area contributed by atoms with Crippen LogP contribution in [-0.2, 0) is 0 Å². The standard InChI is InChI=1S/C54H68N14O16/c1-55-43(73)27-19-31(47(77)59-5)39(69)35(23-27)51(81)63-9-13-67(14-10-64-52(82)36-24-28(44(74)56-2)20-32(40(36)70)48(78)60-6)17-18-68(15-11-65-53(83)37-25-29(45(75)57-3)21-33(41(37)71)49(79)61-7)16-12-66-54(84)38-26-30(46(76)58-4)22-34(42(38)72)50(80)62-8/h19-26,69-72H,9-18H2,1-8H3,(H,55,73)(H,56,74)(H,57,75)(H,58,76)(H,59,77)(H,60,78)(H,61,79)(H,62,80)(H,63,81)(H,64,82)(H,65,83)(H,66,84). The second-order valence-corrected chi connectivity index (χ2v) is 18.0. The van der Waals surface area contributed by atoms with Crippen LogP contribution in [0.5, 0.6) is 23.0 Å². The summed E-state index contributed by atoms with van der Waals surface area (Å²) in [5.41, 5.74) is -3.64. The molecule has 0 aliphatic rings. The summed E-state index contributed by atoms with van der Waals surface area (Å²) in [6.07, 6.45) is 0. The van der Waals surface area contributed by atoms with Gasteiger partial charge in [0.25, 0.3) is 70.9 Å². The number of phenols is 4. The minimum atomic E-state index is -0.896. The molecular formula is C54H68N14O16. The molecule has 12 amide bonds. The Morgan fingerprint density at radius 3 is 0.571 bits per heavy atom. The van der Waals surface area contributed by atoms with Gasteiger partial charge in [-0.25, -0.2) is 0 Å². The lowest BCUT2D eigenvalue weighted by Gasteiger charge is -2.28. The highest BCUT2D eigenvalue weighted by molar-refractivity contribution is 6.11. The first-order valence-electron chi connectivity index (χ1n) is 25.8. The fraction of sp³-hybridized carbons (Fsp3) is 0.333. The van der Waals surface area contributed by atoms with E-state index in [-0.39, 0.29) is 110 Å². The molecule has 0 saturated carbocycles. The molecule has 450 valence electrons. The number of benzene rings is 4. The highest BCUT2D eigenvalue weighted by atomic mass is 16.3. The van der Waals surface area contributed by atoms with Crippen molar-refractivity contribution in [3.05, 3.63) is 115 Å². The summed E-state index contributed by atoms with van der Waals surface area (Å²) in [5, 5.41) is 73.6. The predicted octanol–water partition coefficient (Wildman–Crippen LogP) is -2.99. The van der Waals surface area contributed by atoms with Gasteiger partial charge in [-0.1, -0.05) is 0 Å². The molecule has 0 bridgehead atoms. The summed E-state index contributed by atoms with van der Waals surface area (Å²) >= 11 is 0. The number of rotatable bonds is 27. The van der Waals surface area contributed by atoms with Crippen LogP contribution < -0.4 is 63.8 Å². The Bertz CT molecular complexity index is 2820. The Morgan fingerprint density at radius 1 is 0.262 bits per heavy atom. The number of hydrogen-bond acceptors (Lipinski definition) is 18. The topological polar surface area (TPSA) is 437 Å². The fourth-order valence-electron chi connectivity index (χ4n) is 8.21. The molecule has 0 unspecified atom stereocenters. The highest BCUT2D eigenvalue weighted by Gasteiger charge is 2.27. The van der Waals surface area contributed by atoms with Gasteiger partial charge in [-0.2, -0.15) is 0 Å². The van der Waals surface area contributed by atoms with E-state index in [0.29, 0.717) is 0 Å². The van der Waals surface area contributed by atoms with Gasteiger partial charge in [0, 0.05) is 144 Å². The van der Waals surface area contributed by atoms with E-state index in [0.717, 1.165) is 48.5 Å². The number of carbonyl (C=O) groups excluding carboxylic acids is 12. The average molecular weight is 1170 g/mol. The van der Waals surface area contributed by atoms with Crippen LogP contribution in [0, 0.1) is 0 Å². The minimum absolute atomic E-state index is 0.0252. The van der Waals surface area contributed by atoms with Crippen molar-refractivity contribution < 1.29 is 78.0 Å². The molecule has 0 atom stereocenters. The van der Waals surface area contributed by atoms with E-state index in [2.05, 4.69) is 63.8 Å². The zero-order chi connectivity index (χ0) is 62.5. The Kier molecular flexibility index (Phi) is 24.4. The van der Waals surface area contributed by atoms with E-state index in [1.165, 1.54) is 56.4 Å². The minimum Gasteiger partial charge on any atom is -0.506 e. The molecule has 0 aliphatic heterocycles. The van der Waals surface area contributed by atoms with Crippen molar-refractivity contribution in [2.45, 2.75) is 0 Å². The van der Waals surface area contributed by atoms with E-state index >= 15 is 0 Å². The van der Waals surface area contributed by atoms with E-state index in [4.69, 9.17) is 0 Å². The molecule has 30 nitrogen and oxygen atoms in total. The van der Waals surface area contributed by atoms with E-state index in [1.807, 2.05) is 0 Å². The maximum Gasteiger partial charge on any atom is 0.255 e. The van der Waals surface area contributed by atoms with Gasteiger partial charge in [0.1, 0.15) is 23.0 Å². The first-order valence-corrected chi connectivity index (χ1v) is 25.8. The SMILES string of the molecule is CNC(=O)c1cc(C(=O)NC)c(O)c(C(=O)NCCN(CCNC(=O)c2cc(C(=O)NC)cc(C(=O)NC)c2O)CCN(CCNC(=O)c2cc(C(=O)NC)cc(C(=O)NC)c2O)CCNC(=O)c2cc(C(=O)NC)cc(C(=O)NC)c2O)c1. The Morgan fingerprint density at radius 2 is 0.417 bits per heavy atom. The zero-order valence-corrected chi connectivity index (χ0v) is 47.3. The predicted molar refractivity (Wildman–Crippen MR) is 302 cm³/mol. The summed E-state index contributed by atoms with van der Waals surface area (Å²) in [6, 6.07) is 8.76. The van der Waals surface area contributed by atoms with Crippen molar-refractivity contribution in [1.29, 1.82) is 0 Å². The van der Waals surface area contributed by atoms with Crippen LogP contribution in [0.3, 0.4) is 0 Å². The summed E-state index contributed by atoms with van der Waals surface area (Å²) in [4.78, 5) is 160. The molecule has 0 heterocycles. The van der Waals surface area contributed by atoms with Crippen LogP contribution in [0.4, 0.5) is 0 Å². The van der Waals surface area contributed by atoms with E-state index < -0.39 is 116 Å². The van der Waals surface area contributed by atoms with Gasteiger partial charge in [-0.15, -0.1) is 0 Å². The van der Waals surface area contributed by atoms with Crippen LogP contribution >= 0.6 is 0 Å². The van der Waals surface area contributed by atoms with Crippen molar-refractivity contribution >= 4 is 70.9 Å². The number of carbonyl (C=O) groups is 12. The first kappa shape index (κ1) is 66.2. The van der Waals surface area contributed by atoms with Crippen LogP contribution in [0.15, 0.2) is 48.5 Å². The van der Waals surface area contributed by atoms with Crippen LogP contribution in [0.1, 0.15) is 124 Å². The van der Waals surface area contributed by atoms with Crippen molar-refractivity contribution in [1.82, 2.24) is 73.6 Å². The summed E-state index contributed by atoms with van der Waals surface area (Å²) < 4.78 is 0. The second-order valence-electron chi connectivity index (χ2n) is 18.0. The Hall–Kier alpha value is -10.4. The molecule has 0 aromatic heterocycles. The third kappa shape index (κ3) is 16.6. The maximum atomic E-state index is 13.7. The normalized spacial score (nSPS) is 10.6. The molecular weight excluding hydrogens is 1100 g/mol. The van der Waals surface area contributed by atoms with Gasteiger partial charge >= 0.3 is 0 Å². The number of phenolic OH excluding ortho intramolecular Hbond substituents is 4. The van der Waals surface area contributed by atoms with Gasteiger partial charge < -0.3 is 84.2 Å². The fourth-order valence-corrected chi connectivity index (χ4v) is 8.21. The summed E-state index contributed by atoms with van der Waals surface area (Å²) in [7, 11) is 10.4. The lowest BCUT2D eigenvalue weighted by Crippen LogP contribution is -2.46. The van der Waals surface area contributed by atoms with Crippen LogP contribution in [0.25, 0.3) is 0 Å². The van der Waals surface area contributed by atoms with Gasteiger partial charge in [-0.3, -0.25) is 67.3 Å². The van der Waals surface area contributed by atoms with Gasteiger partial charge in [-0.05, 0) is 48.5 Å². The number of nitrogens with one attached hydrogen (secondary N) is 12. The molecule has 30 heteroatoms. The Balaban J connectivity index is 1.70. The van der Waals surface area contributed by atoms with Crippen LogP contribution in [-0.4, -0.2) is 223 Å². The molecule has 0 saturated heterocycles. The number of amides is 12. The number of aromatic hydroxyl groups is 4. The lowest BCUT2D eigenvalue weighted by molar-refractivity contribution is 0.0914. The third-order valence-electron chi connectivity index (χ3n) is 12.8. The van der Waals surface area contributed by atoms with Crippen molar-refractivity contribution in [3.63, 3.8) is 0 Å². The van der Waals surface area contributed by atoms with Gasteiger partial charge in [0.05, 0.1) is 44.5 Å². The number of hydrogen-bond donors (Lipinski definition) is 16. The third-order valence-corrected chi connectivity index (χ3v) is 12.8. The van der Waals surface area contributed by atoms with E-state index in [9.17, 15) is 78.0 Å². The second kappa shape index (κ2) is 31.0. The van der Waals surface area contributed by atoms with Crippen molar-refractivity contribution in [2.75, 3.05) is 122 Å². The maximum absolute atomic E-state index is 13.7. The van der Waals surface area contributed by atoms with Crippen molar-refractivity contribution in [3.8, 4) is 23.0 Å². The smallest absolute Gasteiger partial charge is 0.255 e. The monoisotopic (exact) mass is 1170 g/mol. The average Bonchev–Trinajstić information content (AvgIpc) is 2.87. The molecule has 0 spiro atoms. The van der Waals surface area contributed by atoms with Crippen LogP contribution in [0.2, 0.25) is 0 Å². The first-order chi connectivity index (χ1) is 39.9. The zero-order valence-electron chi connectivity index (χ0n) is 47.3. The molecule has 4 aromatic carbocycles. The highest BCUT2D eigenvalue weighted by Crippen LogP contribution is 2.29. The molecule has 0 fully saturated rings. The molecule has 0 aliphatic carbocycles. The van der Waals surface area contributed by atoms with Crippen molar-refractivity contribution in [2.24, 2.45) is 0 Å². The summed E-state index contributed by atoms with van der Waals surface area (Å²) in [6.45, 7) is -0.731. The molecule has 4 aromatic rings. The molecule has 84 heavy (non-hydrogen) atoms. The quantitative estimate of drug-likeness (QED) is 0.0283. The van der Waals surface area contributed by atoms with Gasteiger partial charge in [0.2, 0.25) is 0 Å². The van der Waals surface area contributed by atoms with E-state index in [1.54, 1.807) is 9.80 Å². The molecule has 4 rings (SSSR count). The lowest BCUT2D eigenvalue weighted by atomic mass is 10.0. The molecule has 16 N–H and O–H groups in total. The largest absolute Gasteiger partial charge is 0.506 e. The Labute approximate surface area is 481 Å². The summed E-state index contributed by atoms with van der Waals surface area (Å²) in [5.74, 6) is -12.3. The molecule has 0 radical (unpaired) electrons. The van der Waals surface area contributed by atoms with Gasteiger partial charge in [0.15, 0.2) is 0 Å². The number of nitrogens with zero attached hydrogens (tertiary/aromatic N) is 2.